The third kappa shape index (κ3) is 2.99. The molecule has 0 amide bonds. The Morgan fingerprint density at radius 1 is 1.18 bits per heavy atom. The molecule has 1 aromatic carbocycles. The number of guanidine groups is 1. The molecule has 1 saturated heterocycles. The first-order valence-corrected chi connectivity index (χ1v) is 8.62. The van der Waals surface area contributed by atoms with Gasteiger partial charge in [0.15, 0.2) is 5.96 Å². The standard InChI is InChI=1S/C19H29N3/c1-14-17(10-13-22(14)18-20-11-5-12-21-18)15-6-8-16(9-7-15)19(2,3)4/h6-9,14,17H,5,10-13H2,1-4H3,(H,20,21)/t14-,17+/m0/s1. The van der Waals surface area contributed by atoms with E-state index in [1.54, 1.807) is 0 Å². The normalized spacial score (nSPS) is 25.8. The monoisotopic (exact) mass is 299 g/mol. The Balaban J connectivity index is 1.74. The molecule has 0 saturated carbocycles. The molecule has 0 aliphatic carbocycles. The molecule has 1 N–H and O–H groups in total. The fourth-order valence-electron chi connectivity index (χ4n) is 3.63. The van der Waals surface area contributed by atoms with Crippen LogP contribution in [0.2, 0.25) is 0 Å². The number of nitrogens with one attached hydrogen (secondary N) is 1. The molecule has 2 heterocycles. The van der Waals surface area contributed by atoms with Gasteiger partial charge in [0.2, 0.25) is 0 Å². The van der Waals surface area contributed by atoms with Gasteiger partial charge < -0.3 is 10.2 Å². The van der Waals surface area contributed by atoms with Crippen molar-refractivity contribution in [2.24, 2.45) is 4.99 Å². The van der Waals surface area contributed by atoms with Crippen molar-refractivity contribution >= 4 is 5.96 Å². The Morgan fingerprint density at radius 3 is 2.50 bits per heavy atom. The van der Waals surface area contributed by atoms with E-state index in [1.807, 2.05) is 0 Å². The molecule has 1 fully saturated rings. The Morgan fingerprint density at radius 2 is 1.91 bits per heavy atom. The summed E-state index contributed by atoms with van der Waals surface area (Å²) in [7, 11) is 0. The minimum atomic E-state index is 0.229. The fourth-order valence-corrected chi connectivity index (χ4v) is 3.63. The number of rotatable bonds is 1. The zero-order chi connectivity index (χ0) is 15.7. The first-order chi connectivity index (χ1) is 10.5. The summed E-state index contributed by atoms with van der Waals surface area (Å²) in [5.41, 5.74) is 3.11. The number of aliphatic imine (C=N–C) groups is 1. The highest BCUT2D eigenvalue weighted by Gasteiger charge is 2.34. The summed E-state index contributed by atoms with van der Waals surface area (Å²) in [5, 5.41) is 3.47. The molecule has 0 radical (unpaired) electrons. The van der Waals surface area contributed by atoms with Gasteiger partial charge in [0.05, 0.1) is 0 Å². The Hall–Kier alpha value is -1.51. The third-order valence-electron chi connectivity index (χ3n) is 5.11. The van der Waals surface area contributed by atoms with Gasteiger partial charge in [-0.1, -0.05) is 45.0 Å². The molecule has 120 valence electrons. The summed E-state index contributed by atoms with van der Waals surface area (Å²) in [6, 6.07) is 9.80. The Labute approximate surface area is 134 Å². The Bertz CT molecular complexity index is 539. The van der Waals surface area contributed by atoms with Gasteiger partial charge in [0, 0.05) is 31.6 Å². The Kier molecular flexibility index (Phi) is 4.16. The van der Waals surface area contributed by atoms with E-state index in [4.69, 9.17) is 0 Å². The van der Waals surface area contributed by atoms with Crippen LogP contribution in [0.5, 0.6) is 0 Å². The molecule has 0 unspecified atom stereocenters. The van der Waals surface area contributed by atoms with Crippen molar-refractivity contribution < 1.29 is 0 Å². The molecule has 2 atom stereocenters. The van der Waals surface area contributed by atoms with Crippen molar-refractivity contribution in [3.8, 4) is 0 Å². The van der Waals surface area contributed by atoms with E-state index in [0.717, 1.165) is 32.0 Å². The van der Waals surface area contributed by atoms with Crippen LogP contribution in [0.3, 0.4) is 0 Å². The summed E-state index contributed by atoms with van der Waals surface area (Å²) in [6.45, 7) is 12.3. The summed E-state index contributed by atoms with van der Waals surface area (Å²) < 4.78 is 0. The molecule has 2 aliphatic heterocycles. The molecular weight excluding hydrogens is 270 g/mol. The van der Waals surface area contributed by atoms with Crippen molar-refractivity contribution in [2.75, 3.05) is 19.6 Å². The molecule has 3 heteroatoms. The predicted molar refractivity (Wildman–Crippen MR) is 93.6 cm³/mol. The highest BCUT2D eigenvalue weighted by Crippen LogP contribution is 2.34. The number of hydrogen-bond donors (Lipinski definition) is 1. The number of likely N-dealkylation sites (tertiary alicyclic amines) is 1. The molecule has 2 aliphatic rings. The lowest BCUT2D eigenvalue weighted by Crippen LogP contribution is -2.46. The SMILES string of the molecule is C[C@H]1[C@H](c2ccc(C(C)(C)C)cc2)CCN1C1=NCCCN1. The molecule has 0 aromatic heterocycles. The van der Waals surface area contributed by atoms with E-state index in [2.05, 4.69) is 67.2 Å². The van der Waals surface area contributed by atoms with Crippen LogP contribution in [0.25, 0.3) is 0 Å². The number of nitrogens with zero attached hydrogens (tertiary/aromatic N) is 2. The van der Waals surface area contributed by atoms with Gasteiger partial charge in [-0.15, -0.1) is 0 Å². The predicted octanol–water partition coefficient (Wildman–Crippen LogP) is 3.51. The van der Waals surface area contributed by atoms with Crippen LogP contribution in [-0.4, -0.2) is 36.5 Å². The van der Waals surface area contributed by atoms with Gasteiger partial charge in [-0.3, -0.25) is 4.99 Å². The molecule has 3 rings (SSSR count). The van der Waals surface area contributed by atoms with Crippen LogP contribution < -0.4 is 5.32 Å². The summed E-state index contributed by atoms with van der Waals surface area (Å²) in [6.07, 6.45) is 2.38. The molecular formula is C19H29N3. The van der Waals surface area contributed by atoms with Crippen molar-refractivity contribution in [3.05, 3.63) is 35.4 Å². The smallest absolute Gasteiger partial charge is 0.194 e. The second-order valence-corrected chi connectivity index (χ2v) is 7.69. The van der Waals surface area contributed by atoms with Crippen molar-refractivity contribution in [1.82, 2.24) is 10.2 Å². The van der Waals surface area contributed by atoms with Crippen LogP contribution in [-0.2, 0) is 5.41 Å². The maximum Gasteiger partial charge on any atom is 0.194 e. The summed E-state index contributed by atoms with van der Waals surface area (Å²) >= 11 is 0. The number of hydrogen-bond acceptors (Lipinski definition) is 3. The van der Waals surface area contributed by atoms with Crippen molar-refractivity contribution in [2.45, 2.75) is 57.9 Å². The van der Waals surface area contributed by atoms with Crippen LogP contribution >= 0.6 is 0 Å². The number of benzene rings is 1. The second kappa shape index (κ2) is 5.94. The van der Waals surface area contributed by atoms with Gasteiger partial charge in [-0.05, 0) is 36.3 Å². The van der Waals surface area contributed by atoms with Crippen LogP contribution in [0.4, 0.5) is 0 Å². The van der Waals surface area contributed by atoms with Crippen LogP contribution in [0, 0.1) is 0 Å². The van der Waals surface area contributed by atoms with Crippen molar-refractivity contribution in [3.63, 3.8) is 0 Å². The summed E-state index contributed by atoms with van der Waals surface area (Å²) in [4.78, 5) is 7.13. The van der Waals surface area contributed by atoms with Gasteiger partial charge in [0.1, 0.15) is 0 Å². The lowest BCUT2D eigenvalue weighted by molar-refractivity contribution is 0.376. The fraction of sp³-hybridized carbons (Fsp3) is 0.632. The lowest BCUT2D eigenvalue weighted by Gasteiger charge is -2.30. The maximum atomic E-state index is 4.67. The minimum Gasteiger partial charge on any atom is -0.356 e. The van der Waals surface area contributed by atoms with Gasteiger partial charge in [-0.25, -0.2) is 0 Å². The molecule has 3 nitrogen and oxygen atoms in total. The molecule has 0 bridgehead atoms. The minimum absolute atomic E-state index is 0.229. The van der Waals surface area contributed by atoms with E-state index < -0.39 is 0 Å². The average Bonchev–Trinajstić information content (AvgIpc) is 2.89. The zero-order valence-corrected chi connectivity index (χ0v) is 14.4. The van der Waals surface area contributed by atoms with E-state index >= 15 is 0 Å². The highest BCUT2D eigenvalue weighted by atomic mass is 15.3. The first kappa shape index (κ1) is 15.4. The molecule has 1 aromatic rings. The topological polar surface area (TPSA) is 27.6 Å². The van der Waals surface area contributed by atoms with E-state index in [9.17, 15) is 0 Å². The quantitative estimate of drug-likeness (QED) is 0.859. The van der Waals surface area contributed by atoms with E-state index in [-0.39, 0.29) is 5.41 Å². The maximum absolute atomic E-state index is 4.67. The van der Waals surface area contributed by atoms with Crippen molar-refractivity contribution in [1.29, 1.82) is 0 Å². The first-order valence-electron chi connectivity index (χ1n) is 8.62. The highest BCUT2D eigenvalue weighted by molar-refractivity contribution is 5.81. The van der Waals surface area contributed by atoms with E-state index in [0.29, 0.717) is 12.0 Å². The third-order valence-corrected chi connectivity index (χ3v) is 5.11. The van der Waals surface area contributed by atoms with Gasteiger partial charge >= 0.3 is 0 Å². The molecule has 0 spiro atoms. The average molecular weight is 299 g/mol. The second-order valence-electron chi connectivity index (χ2n) is 7.69. The lowest BCUT2D eigenvalue weighted by atomic mass is 9.84. The van der Waals surface area contributed by atoms with E-state index in [1.165, 1.54) is 17.5 Å². The van der Waals surface area contributed by atoms with Crippen LogP contribution in [0.1, 0.15) is 57.6 Å². The van der Waals surface area contributed by atoms with Gasteiger partial charge in [-0.2, -0.15) is 0 Å². The van der Waals surface area contributed by atoms with Gasteiger partial charge in [0.25, 0.3) is 0 Å². The molecule has 22 heavy (non-hydrogen) atoms. The largest absolute Gasteiger partial charge is 0.356 e. The zero-order valence-electron chi connectivity index (χ0n) is 14.4. The van der Waals surface area contributed by atoms with Crippen LogP contribution in [0.15, 0.2) is 29.3 Å². The summed E-state index contributed by atoms with van der Waals surface area (Å²) in [5.74, 6) is 1.73.